The number of aryl methyl sites for hydroxylation is 1. The molecule has 2 N–H and O–H groups in total. The molecule has 0 unspecified atom stereocenters. The van der Waals surface area contributed by atoms with Crippen LogP contribution in [-0.4, -0.2) is 23.8 Å². The van der Waals surface area contributed by atoms with Gasteiger partial charge in [-0.1, -0.05) is 60.1 Å². The van der Waals surface area contributed by atoms with Crippen LogP contribution in [0.5, 0.6) is 0 Å². The largest absolute Gasteiger partial charge is 0.478 e. The number of carbonyl (C=O) groups is 2. The lowest BCUT2D eigenvalue weighted by molar-refractivity contribution is 0.0696. The van der Waals surface area contributed by atoms with Crippen LogP contribution in [0, 0.1) is 6.92 Å². The first-order valence-corrected chi connectivity index (χ1v) is 9.49. The third kappa shape index (κ3) is 3.57. The molecule has 0 aliphatic heterocycles. The van der Waals surface area contributed by atoms with Gasteiger partial charge in [-0.3, -0.25) is 5.32 Å². The minimum atomic E-state index is -1.10. The average molecular weight is 408 g/mol. The molecule has 146 valence electrons. The Hall–Kier alpha value is -3.31. The molecule has 0 saturated carbocycles. The lowest BCUT2D eigenvalue weighted by Gasteiger charge is -2.15. The third-order valence-corrected chi connectivity index (χ3v) is 5.58. The van der Waals surface area contributed by atoms with Gasteiger partial charge in [-0.25, -0.2) is 9.59 Å². The van der Waals surface area contributed by atoms with E-state index in [4.69, 9.17) is 16.3 Å². The number of hydrogen-bond donors (Lipinski definition) is 2. The molecular formula is C23H18ClNO4. The maximum Gasteiger partial charge on any atom is 0.411 e. The van der Waals surface area contributed by atoms with Crippen molar-refractivity contribution in [3.63, 3.8) is 0 Å². The molecule has 1 aliphatic carbocycles. The van der Waals surface area contributed by atoms with E-state index in [9.17, 15) is 14.7 Å². The van der Waals surface area contributed by atoms with E-state index >= 15 is 0 Å². The molecule has 1 amide bonds. The summed E-state index contributed by atoms with van der Waals surface area (Å²) in [6, 6.07) is 18.9. The first-order chi connectivity index (χ1) is 14.0. The van der Waals surface area contributed by atoms with E-state index in [-0.39, 0.29) is 28.8 Å². The number of anilines is 1. The number of amides is 1. The van der Waals surface area contributed by atoms with E-state index in [0.717, 1.165) is 22.3 Å². The Kier molecular flexibility index (Phi) is 4.99. The van der Waals surface area contributed by atoms with Crippen molar-refractivity contribution in [2.45, 2.75) is 12.8 Å². The summed E-state index contributed by atoms with van der Waals surface area (Å²) in [6.45, 7) is 1.84. The summed E-state index contributed by atoms with van der Waals surface area (Å²) in [5, 5.41) is 12.0. The number of benzene rings is 3. The maximum atomic E-state index is 12.4. The molecule has 0 spiro atoms. The Labute approximate surface area is 172 Å². The molecule has 0 aromatic heterocycles. The molecule has 0 saturated heterocycles. The molecule has 1 aliphatic rings. The number of fused-ring (bicyclic) bond motifs is 3. The Morgan fingerprint density at radius 1 is 1.03 bits per heavy atom. The molecular weight excluding hydrogens is 390 g/mol. The van der Waals surface area contributed by atoms with Crippen molar-refractivity contribution in [1.82, 2.24) is 0 Å². The minimum absolute atomic E-state index is 0.0425. The van der Waals surface area contributed by atoms with Crippen LogP contribution in [-0.2, 0) is 4.74 Å². The van der Waals surface area contributed by atoms with Crippen molar-refractivity contribution >= 4 is 29.4 Å². The van der Waals surface area contributed by atoms with Gasteiger partial charge >= 0.3 is 12.1 Å². The van der Waals surface area contributed by atoms with Crippen LogP contribution in [0.1, 0.15) is 33.0 Å². The highest BCUT2D eigenvalue weighted by Gasteiger charge is 2.29. The Bertz CT molecular complexity index is 1080. The minimum Gasteiger partial charge on any atom is -0.478 e. The van der Waals surface area contributed by atoms with Gasteiger partial charge in [-0.05, 0) is 46.9 Å². The van der Waals surface area contributed by atoms with Crippen molar-refractivity contribution in [3.05, 3.63) is 87.9 Å². The number of carboxylic acid groups (broad SMARTS) is 1. The summed E-state index contributed by atoms with van der Waals surface area (Å²) >= 11 is 6.21. The lowest BCUT2D eigenvalue weighted by atomic mass is 9.98. The van der Waals surface area contributed by atoms with Crippen LogP contribution >= 0.6 is 11.6 Å². The number of hydrogen-bond acceptors (Lipinski definition) is 3. The second kappa shape index (κ2) is 7.60. The van der Waals surface area contributed by atoms with Crippen LogP contribution in [0.25, 0.3) is 11.1 Å². The molecule has 6 heteroatoms. The van der Waals surface area contributed by atoms with E-state index in [1.54, 1.807) is 6.92 Å². The highest BCUT2D eigenvalue weighted by Crippen LogP contribution is 2.44. The number of halogens is 1. The van der Waals surface area contributed by atoms with Gasteiger partial charge in [0.25, 0.3) is 0 Å². The molecule has 0 fully saturated rings. The fourth-order valence-electron chi connectivity index (χ4n) is 3.73. The molecule has 5 nitrogen and oxygen atoms in total. The molecule has 0 atom stereocenters. The quantitative estimate of drug-likeness (QED) is 0.581. The number of nitrogens with one attached hydrogen (secondary N) is 1. The van der Waals surface area contributed by atoms with Gasteiger partial charge in [-0.2, -0.15) is 0 Å². The van der Waals surface area contributed by atoms with Crippen molar-refractivity contribution < 1.29 is 19.4 Å². The predicted octanol–water partition coefficient (Wildman–Crippen LogP) is 5.71. The van der Waals surface area contributed by atoms with E-state index in [1.807, 2.05) is 36.4 Å². The van der Waals surface area contributed by atoms with Gasteiger partial charge in [0.1, 0.15) is 6.61 Å². The van der Waals surface area contributed by atoms with Gasteiger partial charge in [-0.15, -0.1) is 0 Å². The second-order valence-corrected chi connectivity index (χ2v) is 7.29. The third-order valence-electron chi connectivity index (χ3n) is 5.08. The summed E-state index contributed by atoms with van der Waals surface area (Å²) in [6.07, 6.45) is -0.685. The lowest BCUT2D eigenvalue weighted by Crippen LogP contribution is -2.18. The number of rotatable bonds is 4. The molecule has 29 heavy (non-hydrogen) atoms. The van der Waals surface area contributed by atoms with E-state index < -0.39 is 12.1 Å². The monoisotopic (exact) mass is 407 g/mol. The van der Waals surface area contributed by atoms with E-state index in [0.29, 0.717) is 5.56 Å². The van der Waals surface area contributed by atoms with Crippen LogP contribution < -0.4 is 5.32 Å². The molecule has 4 rings (SSSR count). The van der Waals surface area contributed by atoms with E-state index in [2.05, 4.69) is 17.4 Å². The fourth-order valence-corrected chi connectivity index (χ4v) is 3.88. The Morgan fingerprint density at radius 2 is 1.62 bits per heavy atom. The summed E-state index contributed by atoms with van der Waals surface area (Å²) in [5.74, 6) is -1.16. The zero-order valence-electron chi connectivity index (χ0n) is 15.6. The maximum absolute atomic E-state index is 12.4. The van der Waals surface area contributed by atoms with Crippen molar-refractivity contribution in [3.8, 4) is 11.1 Å². The zero-order valence-corrected chi connectivity index (χ0v) is 16.4. The fraction of sp³-hybridized carbons (Fsp3) is 0.130. The molecule has 0 bridgehead atoms. The molecule has 3 aromatic carbocycles. The van der Waals surface area contributed by atoms with E-state index in [1.165, 1.54) is 12.1 Å². The standard InChI is InChI=1S/C23H18ClNO4/c1-13-10-14(22(26)27)11-20(21(13)24)25-23(28)29-12-19-17-8-4-2-6-15(17)16-7-3-5-9-18(16)19/h2-11,19H,12H2,1H3,(H,25,28)(H,26,27). The average Bonchev–Trinajstić information content (AvgIpc) is 3.03. The van der Waals surface area contributed by atoms with Gasteiger partial charge < -0.3 is 9.84 Å². The van der Waals surface area contributed by atoms with Crippen LogP contribution in [0.3, 0.4) is 0 Å². The smallest absolute Gasteiger partial charge is 0.411 e. The van der Waals surface area contributed by atoms with Crippen LogP contribution in [0.2, 0.25) is 5.02 Å². The van der Waals surface area contributed by atoms with Crippen molar-refractivity contribution in [2.75, 3.05) is 11.9 Å². The highest BCUT2D eigenvalue weighted by atomic mass is 35.5. The Morgan fingerprint density at radius 3 is 2.21 bits per heavy atom. The second-order valence-electron chi connectivity index (χ2n) is 6.91. The van der Waals surface area contributed by atoms with Crippen molar-refractivity contribution in [1.29, 1.82) is 0 Å². The first-order valence-electron chi connectivity index (χ1n) is 9.11. The molecule has 0 heterocycles. The summed E-state index contributed by atoms with van der Waals surface area (Å²) in [5.41, 5.74) is 5.32. The van der Waals surface area contributed by atoms with Gasteiger partial charge in [0.2, 0.25) is 0 Å². The number of carboxylic acids is 1. The van der Waals surface area contributed by atoms with Crippen LogP contribution in [0.15, 0.2) is 60.7 Å². The van der Waals surface area contributed by atoms with Crippen molar-refractivity contribution in [2.24, 2.45) is 0 Å². The van der Waals surface area contributed by atoms with Gasteiger partial charge in [0, 0.05) is 5.92 Å². The summed E-state index contributed by atoms with van der Waals surface area (Å²) in [4.78, 5) is 23.6. The van der Waals surface area contributed by atoms with Gasteiger partial charge in [0.05, 0.1) is 16.3 Å². The Balaban J connectivity index is 1.52. The summed E-state index contributed by atoms with van der Waals surface area (Å²) < 4.78 is 5.48. The number of ether oxygens (including phenoxy) is 1. The normalized spacial score (nSPS) is 12.2. The zero-order chi connectivity index (χ0) is 20.5. The predicted molar refractivity (Wildman–Crippen MR) is 112 cm³/mol. The number of aromatic carboxylic acids is 1. The molecule has 3 aromatic rings. The first kappa shape index (κ1) is 19.0. The number of carbonyl (C=O) groups excluding carboxylic acids is 1. The summed E-state index contributed by atoms with van der Waals surface area (Å²) in [7, 11) is 0. The topological polar surface area (TPSA) is 75.6 Å². The van der Waals surface area contributed by atoms with Gasteiger partial charge in [0.15, 0.2) is 0 Å². The molecule has 0 radical (unpaired) electrons. The van der Waals surface area contributed by atoms with Crippen LogP contribution in [0.4, 0.5) is 10.5 Å². The highest BCUT2D eigenvalue weighted by molar-refractivity contribution is 6.34. The SMILES string of the molecule is Cc1cc(C(=O)O)cc(NC(=O)OCC2c3ccccc3-c3ccccc32)c1Cl.